The van der Waals surface area contributed by atoms with Gasteiger partial charge >= 0.3 is 0 Å². The van der Waals surface area contributed by atoms with Gasteiger partial charge in [-0.2, -0.15) is 4.31 Å². The number of sulfonamides is 1. The lowest BCUT2D eigenvalue weighted by Gasteiger charge is -2.27. The van der Waals surface area contributed by atoms with E-state index in [-0.39, 0.29) is 23.5 Å². The lowest BCUT2D eigenvalue weighted by atomic mass is 9.95. The van der Waals surface area contributed by atoms with Gasteiger partial charge in [-0.15, -0.1) is 0 Å². The van der Waals surface area contributed by atoms with Crippen molar-refractivity contribution in [1.29, 1.82) is 0 Å². The first kappa shape index (κ1) is 20.3. The zero-order valence-electron chi connectivity index (χ0n) is 15.8. The Labute approximate surface area is 161 Å². The molecular formula is C19H28N2O5S. The number of carbonyl (C=O) groups is 1. The number of carbonyl (C=O) groups excluding carboxylic acids is 1. The summed E-state index contributed by atoms with van der Waals surface area (Å²) in [5.41, 5.74) is 0.922. The fourth-order valence-corrected chi connectivity index (χ4v) is 5.29. The van der Waals surface area contributed by atoms with E-state index in [4.69, 9.17) is 9.47 Å². The molecule has 1 aromatic carbocycles. The molecule has 1 N–H and O–H groups in total. The molecule has 1 saturated heterocycles. The second-order valence-electron chi connectivity index (χ2n) is 7.08. The Hall–Kier alpha value is -1.48. The molecule has 7 nitrogen and oxygen atoms in total. The molecule has 3 rings (SSSR count). The highest BCUT2D eigenvalue weighted by atomic mass is 32.2. The maximum Gasteiger partial charge on any atom is 0.251 e. The zero-order chi connectivity index (χ0) is 19.3. The molecule has 0 aromatic heterocycles. The standard InChI is InChI=1S/C19H28N2O5S/c1-25-14-16-8-7-15(19(22)20-17-5-3-2-4-6-17)13-18(16)27(23,24)21-9-11-26-12-10-21/h7-8,13,17H,2-6,9-12,14H2,1H3,(H,20,22). The first-order valence-corrected chi connectivity index (χ1v) is 11.0. The highest BCUT2D eigenvalue weighted by molar-refractivity contribution is 7.89. The SMILES string of the molecule is COCc1ccc(C(=O)NC2CCCCC2)cc1S(=O)(=O)N1CCOCC1. The molecule has 1 aliphatic carbocycles. The van der Waals surface area contributed by atoms with E-state index < -0.39 is 10.0 Å². The van der Waals surface area contributed by atoms with Crippen LogP contribution in [-0.2, 0) is 26.1 Å². The molecule has 0 atom stereocenters. The van der Waals surface area contributed by atoms with Crippen molar-refractivity contribution in [3.05, 3.63) is 29.3 Å². The normalized spacial score (nSPS) is 19.7. The Morgan fingerprint density at radius 2 is 1.93 bits per heavy atom. The van der Waals surface area contributed by atoms with E-state index in [1.54, 1.807) is 12.1 Å². The number of hydrogen-bond donors (Lipinski definition) is 1. The molecule has 1 amide bonds. The summed E-state index contributed by atoms with van der Waals surface area (Å²) in [6.45, 7) is 1.55. The quantitative estimate of drug-likeness (QED) is 0.794. The van der Waals surface area contributed by atoms with E-state index >= 15 is 0 Å². The van der Waals surface area contributed by atoms with Gasteiger partial charge in [0.25, 0.3) is 5.91 Å². The van der Waals surface area contributed by atoms with E-state index in [9.17, 15) is 13.2 Å². The van der Waals surface area contributed by atoms with Gasteiger partial charge in [-0.25, -0.2) is 8.42 Å². The van der Waals surface area contributed by atoms with Crippen LogP contribution >= 0.6 is 0 Å². The van der Waals surface area contributed by atoms with Crippen molar-refractivity contribution in [3.8, 4) is 0 Å². The highest BCUT2D eigenvalue weighted by Crippen LogP contribution is 2.24. The Kier molecular flexibility index (Phi) is 6.86. The fourth-order valence-electron chi connectivity index (χ4n) is 3.65. The first-order valence-electron chi connectivity index (χ1n) is 9.53. The van der Waals surface area contributed by atoms with Crippen LogP contribution in [-0.4, -0.2) is 58.1 Å². The first-order chi connectivity index (χ1) is 13.0. The summed E-state index contributed by atoms with van der Waals surface area (Å²) in [7, 11) is -2.19. The third-order valence-electron chi connectivity index (χ3n) is 5.16. The lowest BCUT2D eigenvalue weighted by molar-refractivity contribution is 0.0729. The van der Waals surface area contributed by atoms with Gasteiger partial charge in [-0.3, -0.25) is 4.79 Å². The number of ether oxygens (including phenoxy) is 2. The largest absolute Gasteiger partial charge is 0.380 e. The fraction of sp³-hybridized carbons (Fsp3) is 0.632. The maximum absolute atomic E-state index is 13.1. The Morgan fingerprint density at radius 1 is 1.22 bits per heavy atom. The van der Waals surface area contributed by atoms with Crippen molar-refractivity contribution in [1.82, 2.24) is 9.62 Å². The van der Waals surface area contributed by atoms with E-state index in [0.29, 0.717) is 37.4 Å². The number of nitrogens with one attached hydrogen (secondary N) is 1. The Balaban J connectivity index is 1.86. The summed E-state index contributed by atoms with van der Waals surface area (Å²) >= 11 is 0. The summed E-state index contributed by atoms with van der Waals surface area (Å²) in [6.07, 6.45) is 5.40. The second kappa shape index (κ2) is 9.14. The monoisotopic (exact) mass is 396 g/mol. The number of methoxy groups -OCH3 is 1. The molecule has 0 radical (unpaired) electrons. The minimum absolute atomic E-state index is 0.141. The number of morpholine rings is 1. The molecule has 1 aromatic rings. The predicted octanol–water partition coefficient (Wildman–Crippen LogP) is 1.92. The van der Waals surface area contributed by atoms with Crippen LogP contribution in [0.1, 0.15) is 48.0 Å². The molecule has 1 saturated carbocycles. The van der Waals surface area contributed by atoms with Gasteiger partial charge in [0.2, 0.25) is 10.0 Å². The third-order valence-corrected chi connectivity index (χ3v) is 7.14. The molecular weight excluding hydrogens is 368 g/mol. The summed E-state index contributed by atoms with van der Waals surface area (Å²) in [5.74, 6) is -0.218. The zero-order valence-corrected chi connectivity index (χ0v) is 16.6. The molecule has 0 spiro atoms. The van der Waals surface area contributed by atoms with Crippen molar-refractivity contribution in [3.63, 3.8) is 0 Å². The number of rotatable bonds is 6. The predicted molar refractivity (Wildman–Crippen MR) is 101 cm³/mol. The van der Waals surface area contributed by atoms with Gasteiger partial charge in [0.15, 0.2) is 0 Å². The number of hydrogen-bond acceptors (Lipinski definition) is 5. The summed E-state index contributed by atoms with van der Waals surface area (Å²) in [6, 6.07) is 5.00. The van der Waals surface area contributed by atoms with E-state index in [2.05, 4.69) is 5.32 Å². The molecule has 0 unspecified atom stereocenters. The maximum atomic E-state index is 13.1. The molecule has 2 fully saturated rings. The lowest BCUT2D eigenvalue weighted by Crippen LogP contribution is -2.41. The molecule has 8 heteroatoms. The van der Waals surface area contributed by atoms with Crippen molar-refractivity contribution in [2.45, 2.75) is 49.6 Å². The van der Waals surface area contributed by atoms with Crippen LogP contribution in [0.4, 0.5) is 0 Å². The summed E-state index contributed by atoms with van der Waals surface area (Å²) < 4.78 is 38.1. The topological polar surface area (TPSA) is 84.9 Å². The molecule has 1 aliphatic heterocycles. The number of amides is 1. The van der Waals surface area contributed by atoms with Gasteiger partial charge in [0.1, 0.15) is 0 Å². The number of benzene rings is 1. The molecule has 1 heterocycles. The van der Waals surface area contributed by atoms with Gasteiger partial charge in [-0.05, 0) is 30.5 Å². The van der Waals surface area contributed by atoms with Gasteiger partial charge in [0.05, 0.1) is 24.7 Å². The smallest absolute Gasteiger partial charge is 0.251 e. The van der Waals surface area contributed by atoms with Gasteiger partial charge in [0, 0.05) is 31.8 Å². The molecule has 2 aliphatic rings. The van der Waals surface area contributed by atoms with Crippen LogP contribution < -0.4 is 5.32 Å². The molecule has 27 heavy (non-hydrogen) atoms. The average molecular weight is 397 g/mol. The third kappa shape index (κ3) is 4.87. The highest BCUT2D eigenvalue weighted by Gasteiger charge is 2.29. The Bertz CT molecular complexity index is 753. The van der Waals surface area contributed by atoms with Gasteiger partial charge < -0.3 is 14.8 Å². The van der Waals surface area contributed by atoms with Crippen molar-refractivity contribution in [2.24, 2.45) is 0 Å². The minimum Gasteiger partial charge on any atom is -0.380 e. The van der Waals surface area contributed by atoms with Crippen LogP contribution in [0.5, 0.6) is 0 Å². The second-order valence-corrected chi connectivity index (χ2v) is 8.99. The van der Waals surface area contributed by atoms with E-state index in [1.165, 1.54) is 23.9 Å². The Morgan fingerprint density at radius 3 is 2.59 bits per heavy atom. The van der Waals surface area contributed by atoms with Crippen LogP contribution in [0.3, 0.4) is 0 Å². The van der Waals surface area contributed by atoms with Crippen molar-refractivity contribution < 1.29 is 22.7 Å². The van der Waals surface area contributed by atoms with Crippen molar-refractivity contribution >= 4 is 15.9 Å². The summed E-state index contributed by atoms with van der Waals surface area (Å²) in [5, 5.41) is 3.05. The van der Waals surface area contributed by atoms with Crippen molar-refractivity contribution in [2.75, 3.05) is 33.4 Å². The molecule has 0 bridgehead atoms. The van der Waals surface area contributed by atoms with Crippen LogP contribution in [0.15, 0.2) is 23.1 Å². The van der Waals surface area contributed by atoms with E-state index in [1.807, 2.05) is 0 Å². The summed E-state index contributed by atoms with van der Waals surface area (Å²) in [4.78, 5) is 12.8. The van der Waals surface area contributed by atoms with E-state index in [0.717, 1.165) is 25.7 Å². The minimum atomic E-state index is -3.71. The molecule has 150 valence electrons. The number of nitrogens with zero attached hydrogens (tertiary/aromatic N) is 1. The van der Waals surface area contributed by atoms with Crippen LogP contribution in [0.25, 0.3) is 0 Å². The van der Waals surface area contributed by atoms with Crippen LogP contribution in [0.2, 0.25) is 0 Å². The van der Waals surface area contributed by atoms with Crippen LogP contribution in [0, 0.1) is 0 Å². The average Bonchev–Trinajstić information content (AvgIpc) is 2.70. The van der Waals surface area contributed by atoms with Gasteiger partial charge in [-0.1, -0.05) is 25.3 Å².